The predicted molar refractivity (Wildman–Crippen MR) is 97.4 cm³/mol. The Bertz CT molecular complexity index is 823. The van der Waals surface area contributed by atoms with Crippen molar-refractivity contribution in [1.29, 1.82) is 0 Å². The number of hydrogen-bond donors (Lipinski definition) is 1. The Morgan fingerprint density at radius 1 is 1.17 bits per heavy atom. The predicted octanol–water partition coefficient (Wildman–Crippen LogP) is 5.00. The molecule has 0 unspecified atom stereocenters. The summed E-state index contributed by atoms with van der Waals surface area (Å²) in [6.45, 7) is 3.90. The fourth-order valence-corrected chi connectivity index (χ4v) is 2.74. The van der Waals surface area contributed by atoms with E-state index in [1.54, 1.807) is 0 Å². The third-order valence-corrected chi connectivity index (χ3v) is 4.29. The summed E-state index contributed by atoms with van der Waals surface area (Å²) in [6.07, 6.45) is 1.82. The van der Waals surface area contributed by atoms with E-state index in [9.17, 15) is 0 Å². The smallest absolute Gasteiger partial charge is 0.203 e. The van der Waals surface area contributed by atoms with Gasteiger partial charge in [-0.2, -0.15) is 5.10 Å². The zero-order chi connectivity index (χ0) is 16.2. The van der Waals surface area contributed by atoms with Crippen molar-refractivity contribution in [3.63, 3.8) is 0 Å². The minimum atomic E-state index is 0.717. The van der Waals surface area contributed by atoms with Gasteiger partial charge in [-0.25, -0.2) is 4.98 Å². The van der Waals surface area contributed by atoms with E-state index in [1.165, 1.54) is 11.3 Å². The number of thiazole rings is 1. The third-order valence-electron chi connectivity index (χ3n) is 3.29. The van der Waals surface area contributed by atoms with Gasteiger partial charge in [-0.3, -0.25) is 10.4 Å². The highest BCUT2D eigenvalue weighted by Crippen LogP contribution is 2.26. The van der Waals surface area contributed by atoms with E-state index in [2.05, 4.69) is 20.5 Å². The SMILES string of the molecule is C/C(=N\Nc1nc(-c2ccc(Cl)cc2)cs1)c1ccc(C)nc1. The van der Waals surface area contributed by atoms with Crippen LogP contribution in [0.4, 0.5) is 5.13 Å². The minimum Gasteiger partial charge on any atom is -0.261 e. The maximum Gasteiger partial charge on any atom is 0.203 e. The van der Waals surface area contributed by atoms with E-state index >= 15 is 0 Å². The van der Waals surface area contributed by atoms with Crippen molar-refractivity contribution in [3.8, 4) is 11.3 Å². The lowest BCUT2D eigenvalue weighted by Crippen LogP contribution is -2.00. The molecule has 0 amide bonds. The molecule has 3 aromatic rings. The van der Waals surface area contributed by atoms with Crippen LogP contribution in [0.15, 0.2) is 53.1 Å². The Hall–Kier alpha value is -2.24. The number of hydrogen-bond acceptors (Lipinski definition) is 5. The zero-order valence-corrected chi connectivity index (χ0v) is 14.3. The summed E-state index contributed by atoms with van der Waals surface area (Å²) in [5.74, 6) is 0. The lowest BCUT2D eigenvalue weighted by atomic mass is 10.2. The fourth-order valence-electron chi connectivity index (χ4n) is 1.96. The van der Waals surface area contributed by atoms with Gasteiger partial charge in [0.05, 0.1) is 11.4 Å². The molecule has 0 saturated carbocycles. The normalized spacial score (nSPS) is 11.5. The topological polar surface area (TPSA) is 50.2 Å². The average Bonchev–Trinajstić information content (AvgIpc) is 3.03. The number of rotatable bonds is 4. The van der Waals surface area contributed by atoms with E-state index in [-0.39, 0.29) is 0 Å². The third kappa shape index (κ3) is 3.94. The quantitative estimate of drug-likeness (QED) is 0.536. The molecule has 0 aliphatic rings. The van der Waals surface area contributed by atoms with Crippen LogP contribution in [-0.2, 0) is 0 Å². The number of hydrazone groups is 1. The monoisotopic (exact) mass is 342 g/mol. The summed E-state index contributed by atoms with van der Waals surface area (Å²) < 4.78 is 0. The standard InChI is InChI=1S/C17H15ClN4S/c1-11-3-4-14(9-19-11)12(2)21-22-17-20-16(10-23-17)13-5-7-15(18)8-6-13/h3-10H,1-2H3,(H,20,22)/b21-12+. The summed E-state index contributed by atoms with van der Waals surface area (Å²) >= 11 is 7.41. The number of anilines is 1. The molecule has 1 N–H and O–H groups in total. The molecule has 0 bridgehead atoms. The van der Waals surface area contributed by atoms with Crippen LogP contribution in [0.2, 0.25) is 5.02 Å². The second kappa shape index (κ2) is 6.89. The van der Waals surface area contributed by atoms with Crippen LogP contribution in [0.25, 0.3) is 11.3 Å². The first kappa shape index (κ1) is 15.6. The Balaban J connectivity index is 1.72. The van der Waals surface area contributed by atoms with Crippen LogP contribution in [0, 0.1) is 6.92 Å². The molecule has 0 radical (unpaired) electrons. The van der Waals surface area contributed by atoms with Gasteiger partial charge >= 0.3 is 0 Å². The number of nitrogens with zero attached hydrogens (tertiary/aromatic N) is 3. The van der Waals surface area contributed by atoms with Crippen molar-refractivity contribution in [2.45, 2.75) is 13.8 Å². The molecule has 0 spiro atoms. The van der Waals surface area contributed by atoms with Crippen molar-refractivity contribution in [3.05, 3.63) is 64.3 Å². The summed E-state index contributed by atoms with van der Waals surface area (Å²) in [7, 11) is 0. The highest BCUT2D eigenvalue weighted by molar-refractivity contribution is 7.14. The van der Waals surface area contributed by atoms with Gasteiger partial charge in [0.25, 0.3) is 0 Å². The second-order valence-corrected chi connectivity index (χ2v) is 6.34. The molecule has 0 saturated heterocycles. The first-order chi connectivity index (χ1) is 11.1. The van der Waals surface area contributed by atoms with Crippen LogP contribution in [0.1, 0.15) is 18.2 Å². The summed E-state index contributed by atoms with van der Waals surface area (Å²) in [6, 6.07) is 11.6. The molecule has 0 atom stereocenters. The van der Waals surface area contributed by atoms with Gasteiger partial charge in [-0.15, -0.1) is 11.3 Å². The fraction of sp³-hybridized carbons (Fsp3) is 0.118. The largest absolute Gasteiger partial charge is 0.261 e. The van der Waals surface area contributed by atoms with Gasteiger partial charge < -0.3 is 0 Å². The van der Waals surface area contributed by atoms with Crippen LogP contribution in [-0.4, -0.2) is 15.7 Å². The van der Waals surface area contributed by atoms with Gasteiger partial charge in [-0.05, 0) is 38.1 Å². The number of pyridine rings is 1. The highest BCUT2D eigenvalue weighted by Gasteiger charge is 2.04. The maximum atomic E-state index is 5.90. The molecule has 23 heavy (non-hydrogen) atoms. The molecule has 3 rings (SSSR count). The lowest BCUT2D eigenvalue weighted by molar-refractivity contribution is 1.19. The Morgan fingerprint density at radius 2 is 1.96 bits per heavy atom. The van der Waals surface area contributed by atoms with Crippen LogP contribution in [0.3, 0.4) is 0 Å². The van der Waals surface area contributed by atoms with Gasteiger partial charge in [-0.1, -0.05) is 23.7 Å². The zero-order valence-electron chi connectivity index (χ0n) is 12.7. The Labute approximate surface area is 143 Å². The van der Waals surface area contributed by atoms with Crippen molar-refractivity contribution in [2.24, 2.45) is 5.10 Å². The highest BCUT2D eigenvalue weighted by atomic mass is 35.5. The van der Waals surface area contributed by atoms with Gasteiger partial charge in [0.15, 0.2) is 0 Å². The second-order valence-electron chi connectivity index (χ2n) is 5.04. The molecule has 4 nitrogen and oxygen atoms in total. The molecule has 2 heterocycles. The van der Waals surface area contributed by atoms with Crippen molar-refractivity contribution >= 4 is 33.8 Å². The first-order valence-electron chi connectivity index (χ1n) is 7.06. The molecule has 0 aliphatic heterocycles. The molecule has 116 valence electrons. The van der Waals surface area contributed by atoms with Crippen LogP contribution >= 0.6 is 22.9 Å². The van der Waals surface area contributed by atoms with E-state index in [0.717, 1.165) is 33.4 Å². The Morgan fingerprint density at radius 3 is 2.65 bits per heavy atom. The Kier molecular flexibility index (Phi) is 4.69. The summed E-state index contributed by atoms with van der Waals surface area (Å²) in [4.78, 5) is 8.81. The van der Waals surface area contributed by atoms with Gasteiger partial charge in [0.1, 0.15) is 0 Å². The number of halogens is 1. The molecule has 0 aliphatic carbocycles. The number of nitrogens with one attached hydrogen (secondary N) is 1. The average molecular weight is 343 g/mol. The van der Waals surface area contributed by atoms with E-state index < -0.39 is 0 Å². The maximum absolute atomic E-state index is 5.90. The van der Waals surface area contributed by atoms with Crippen molar-refractivity contribution in [1.82, 2.24) is 9.97 Å². The van der Waals surface area contributed by atoms with Gasteiger partial charge in [0.2, 0.25) is 5.13 Å². The van der Waals surface area contributed by atoms with E-state index in [0.29, 0.717) is 5.02 Å². The van der Waals surface area contributed by atoms with Gasteiger partial charge in [0, 0.05) is 33.4 Å². The molecular weight excluding hydrogens is 328 g/mol. The molecule has 6 heteroatoms. The van der Waals surface area contributed by atoms with Crippen LogP contribution in [0.5, 0.6) is 0 Å². The molecule has 1 aromatic carbocycles. The number of aryl methyl sites for hydroxylation is 1. The molecular formula is C17H15ClN4S. The van der Waals surface area contributed by atoms with E-state index in [4.69, 9.17) is 11.6 Å². The summed E-state index contributed by atoms with van der Waals surface area (Å²) in [5.41, 5.74) is 7.77. The lowest BCUT2D eigenvalue weighted by Gasteiger charge is -2.01. The minimum absolute atomic E-state index is 0.717. The van der Waals surface area contributed by atoms with Crippen LogP contribution < -0.4 is 5.43 Å². The first-order valence-corrected chi connectivity index (χ1v) is 8.32. The summed E-state index contributed by atoms with van der Waals surface area (Å²) in [5, 5.41) is 7.82. The van der Waals surface area contributed by atoms with Crippen molar-refractivity contribution in [2.75, 3.05) is 5.43 Å². The molecule has 2 aromatic heterocycles. The molecule has 0 fully saturated rings. The van der Waals surface area contributed by atoms with E-state index in [1.807, 2.05) is 61.8 Å². The number of benzene rings is 1. The number of aromatic nitrogens is 2. The van der Waals surface area contributed by atoms with Crippen molar-refractivity contribution < 1.29 is 0 Å².